The van der Waals surface area contributed by atoms with Gasteiger partial charge in [-0.3, -0.25) is 9.78 Å². The number of carbonyl (C=O) groups is 1. The van der Waals surface area contributed by atoms with Crippen LogP contribution in [-0.2, 0) is 11.2 Å². The fourth-order valence-electron chi connectivity index (χ4n) is 6.29. The van der Waals surface area contributed by atoms with E-state index in [0.717, 1.165) is 55.6 Å². The zero-order valence-electron chi connectivity index (χ0n) is 21.8. The van der Waals surface area contributed by atoms with Crippen LogP contribution in [0.3, 0.4) is 0 Å². The smallest absolute Gasteiger partial charge is 0.221 e. The Balaban J connectivity index is 1.61. The van der Waals surface area contributed by atoms with Gasteiger partial charge in [-0.1, -0.05) is 60.7 Å². The monoisotopic (exact) mass is 499 g/mol. The van der Waals surface area contributed by atoms with Crippen molar-refractivity contribution in [2.24, 2.45) is 5.73 Å². The number of nitrogens with one attached hydrogen (secondary N) is 1. The summed E-state index contributed by atoms with van der Waals surface area (Å²) >= 11 is 0. The average molecular weight is 500 g/mol. The number of anilines is 1. The molecule has 1 aromatic heterocycles. The SMILES string of the molecule is CC(=O)Nc1cccc(-c2ncccc2C2=c3c(ccc4c3=CCc3ccccc3-4)C(CCCN)CC2)c1. The van der Waals surface area contributed by atoms with Crippen molar-refractivity contribution in [3.05, 3.63) is 106 Å². The molecule has 0 radical (unpaired) electrons. The third kappa shape index (κ3) is 4.46. The molecule has 0 aliphatic heterocycles. The molecule has 0 bridgehead atoms. The third-order valence-corrected chi connectivity index (χ3v) is 7.94. The maximum atomic E-state index is 11.7. The molecule has 0 fully saturated rings. The summed E-state index contributed by atoms with van der Waals surface area (Å²) in [6.07, 6.45) is 9.49. The minimum absolute atomic E-state index is 0.0788. The number of carbonyl (C=O) groups excluding carboxylic acids is 1. The predicted octanol–water partition coefficient (Wildman–Crippen LogP) is 5.53. The molecule has 190 valence electrons. The molecule has 0 saturated carbocycles. The van der Waals surface area contributed by atoms with Crippen molar-refractivity contribution < 1.29 is 4.79 Å². The molecular weight excluding hydrogens is 466 g/mol. The summed E-state index contributed by atoms with van der Waals surface area (Å²) in [6, 6.07) is 25.7. The van der Waals surface area contributed by atoms with Gasteiger partial charge in [0, 0.05) is 29.9 Å². The lowest BCUT2D eigenvalue weighted by molar-refractivity contribution is -0.114. The van der Waals surface area contributed by atoms with E-state index in [1.165, 1.54) is 50.8 Å². The largest absolute Gasteiger partial charge is 0.330 e. The molecular formula is C34H33N3O. The highest BCUT2D eigenvalue weighted by Gasteiger charge is 2.25. The van der Waals surface area contributed by atoms with Gasteiger partial charge in [0.2, 0.25) is 5.91 Å². The number of amides is 1. The lowest BCUT2D eigenvalue weighted by Gasteiger charge is -2.28. The van der Waals surface area contributed by atoms with Gasteiger partial charge in [-0.05, 0) is 101 Å². The number of hydrogen-bond donors (Lipinski definition) is 2. The molecule has 1 unspecified atom stereocenters. The molecule has 4 nitrogen and oxygen atoms in total. The molecule has 2 aliphatic rings. The molecule has 1 heterocycles. The number of aromatic nitrogens is 1. The lowest BCUT2D eigenvalue weighted by Crippen LogP contribution is -2.38. The highest BCUT2D eigenvalue weighted by molar-refractivity contribution is 5.90. The Morgan fingerprint density at radius 2 is 1.87 bits per heavy atom. The molecule has 1 atom stereocenters. The number of nitrogens with zero attached hydrogens (tertiary/aromatic N) is 1. The van der Waals surface area contributed by atoms with E-state index in [-0.39, 0.29) is 5.91 Å². The summed E-state index contributed by atoms with van der Waals surface area (Å²) in [5.74, 6) is 0.432. The molecule has 3 aromatic carbocycles. The van der Waals surface area contributed by atoms with E-state index in [1.807, 2.05) is 30.5 Å². The van der Waals surface area contributed by atoms with Gasteiger partial charge >= 0.3 is 0 Å². The number of benzene rings is 3. The van der Waals surface area contributed by atoms with Crippen LogP contribution in [0.4, 0.5) is 5.69 Å². The summed E-state index contributed by atoms with van der Waals surface area (Å²) in [5.41, 5.74) is 16.7. The quantitative estimate of drug-likeness (QED) is 0.367. The number of rotatable bonds is 6. The summed E-state index contributed by atoms with van der Waals surface area (Å²) < 4.78 is 0. The van der Waals surface area contributed by atoms with Crippen LogP contribution >= 0.6 is 0 Å². The van der Waals surface area contributed by atoms with Gasteiger partial charge in [0.1, 0.15) is 0 Å². The topological polar surface area (TPSA) is 68.0 Å². The Hall–Kier alpha value is -4.02. The van der Waals surface area contributed by atoms with Crippen LogP contribution < -0.4 is 21.5 Å². The van der Waals surface area contributed by atoms with Gasteiger partial charge in [-0.2, -0.15) is 0 Å². The van der Waals surface area contributed by atoms with E-state index in [9.17, 15) is 4.79 Å². The maximum absolute atomic E-state index is 11.7. The predicted molar refractivity (Wildman–Crippen MR) is 156 cm³/mol. The summed E-state index contributed by atoms with van der Waals surface area (Å²) in [4.78, 5) is 16.6. The number of nitrogens with two attached hydrogens (primary N) is 1. The van der Waals surface area contributed by atoms with E-state index < -0.39 is 0 Å². The second kappa shape index (κ2) is 10.4. The van der Waals surface area contributed by atoms with Gasteiger partial charge in [-0.25, -0.2) is 0 Å². The van der Waals surface area contributed by atoms with Crippen molar-refractivity contribution in [3.8, 4) is 22.4 Å². The van der Waals surface area contributed by atoms with Gasteiger partial charge in [0.15, 0.2) is 0 Å². The first kappa shape index (κ1) is 24.3. The second-order valence-electron chi connectivity index (χ2n) is 10.4. The van der Waals surface area contributed by atoms with Gasteiger partial charge < -0.3 is 11.1 Å². The average Bonchev–Trinajstić information content (AvgIpc) is 2.95. The highest BCUT2D eigenvalue weighted by Crippen LogP contribution is 2.37. The van der Waals surface area contributed by atoms with E-state index in [2.05, 4.69) is 59.9 Å². The number of fused-ring (bicyclic) bond motifs is 5. The molecule has 1 amide bonds. The van der Waals surface area contributed by atoms with Crippen molar-refractivity contribution >= 4 is 23.2 Å². The minimum Gasteiger partial charge on any atom is -0.330 e. The van der Waals surface area contributed by atoms with Gasteiger partial charge in [-0.15, -0.1) is 0 Å². The van der Waals surface area contributed by atoms with Crippen LogP contribution in [0.5, 0.6) is 0 Å². The van der Waals surface area contributed by atoms with Crippen molar-refractivity contribution in [2.45, 2.75) is 44.9 Å². The van der Waals surface area contributed by atoms with E-state index in [4.69, 9.17) is 10.7 Å². The van der Waals surface area contributed by atoms with E-state index in [1.54, 1.807) is 0 Å². The summed E-state index contributed by atoms with van der Waals surface area (Å²) in [6.45, 7) is 2.26. The van der Waals surface area contributed by atoms with Gasteiger partial charge in [0.25, 0.3) is 0 Å². The molecule has 3 N–H and O–H groups in total. The molecule has 4 heteroatoms. The highest BCUT2D eigenvalue weighted by atomic mass is 16.1. The van der Waals surface area contributed by atoms with Crippen molar-refractivity contribution in [1.29, 1.82) is 0 Å². The Morgan fingerprint density at radius 3 is 2.74 bits per heavy atom. The van der Waals surface area contributed by atoms with Crippen molar-refractivity contribution in [3.63, 3.8) is 0 Å². The maximum Gasteiger partial charge on any atom is 0.221 e. The van der Waals surface area contributed by atoms with E-state index >= 15 is 0 Å². The Morgan fingerprint density at radius 1 is 1.00 bits per heavy atom. The van der Waals surface area contributed by atoms with Crippen LogP contribution in [0.1, 0.15) is 55.2 Å². The molecule has 0 spiro atoms. The fourth-order valence-corrected chi connectivity index (χ4v) is 6.29. The zero-order chi connectivity index (χ0) is 26.1. The van der Waals surface area contributed by atoms with E-state index in [0.29, 0.717) is 5.92 Å². The van der Waals surface area contributed by atoms with Crippen LogP contribution in [-0.4, -0.2) is 17.4 Å². The molecule has 38 heavy (non-hydrogen) atoms. The van der Waals surface area contributed by atoms with Crippen molar-refractivity contribution in [1.82, 2.24) is 4.98 Å². The first-order valence-corrected chi connectivity index (χ1v) is 13.6. The first-order valence-electron chi connectivity index (χ1n) is 13.6. The van der Waals surface area contributed by atoms with Crippen LogP contribution in [0.15, 0.2) is 79.0 Å². The number of hydrogen-bond acceptors (Lipinski definition) is 3. The zero-order valence-corrected chi connectivity index (χ0v) is 21.8. The normalized spacial score (nSPS) is 15.6. The van der Waals surface area contributed by atoms with Crippen LogP contribution in [0, 0.1) is 0 Å². The van der Waals surface area contributed by atoms with Crippen molar-refractivity contribution in [2.75, 3.05) is 11.9 Å². The third-order valence-electron chi connectivity index (χ3n) is 7.94. The Kier molecular flexibility index (Phi) is 6.65. The fraction of sp³-hybridized carbons (Fsp3) is 0.235. The van der Waals surface area contributed by atoms with Crippen LogP contribution in [0.2, 0.25) is 0 Å². The minimum atomic E-state index is -0.0788. The Labute approximate surface area is 223 Å². The molecule has 6 rings (SSSR count). The Bertz CT molecular complexity index is 1650. The molecule has 4 aromatic rings. The second-order valence-corrected chi connectivity index (χ2v) is 10.4. The standard InChI is InChI=1S/C34H33N3O/c1-22(38)37-26-10-4-8-25(21-26)34-32(12-6-20-36-34)31-16-14-24(9-5-19-35)28-17-18-29-27-11-3-2-7-23(27)13-15-30(29)33(28)31/h2-4,6-8,10-12,15,17-18,20-21,24H,5,9,13-14,16,19,35H2,1H3,(H,37,38). The number of pyridine rings is 1. The lowest BCUT2D eigenvalue weighted by atomic mass is 9.76. The van der Waals surface area contributed by atoms with Crippen LogP contribution in [0.25, 0.3) is 34.0 Å². The molecule has 0 saturated heterocycles. The summed E-state index contributed by atoms with van der Waals surface area (Å²) in [5, 5.41) is 5.66. The van der Waals surface area contributed by atoms with Gasteiger partial charge in [0.05, 0.1) is 5.69 Å². The first-order chi connectivity index (χ1) is 18.6. The molecule has 2 aliphatic carbocycles. The summed E-state index contributed by atoms with van der Waals surface area (Å²) in [7, 11) is 0.